The lowest BCUT2D eigenvalue weighted by Gasteiger charge is -2.14. The molecule has 0 aliphatic carbocycles. The first kappa shape index (κ1) is 9.26. The van der Waals surface area contributed by atoms with Gasteiger partial charge in [-0.3, -0.25) is 0 Å². The molecule has 2 N–H and O–H groups in total. The quantitative estimate of drug-likeness (QED) is 0.717. The Morgan fingerprint density at radius 2 is 2.25 bits per heavy atom. The van der Waals surface area contributed by atoms with E-state index in [9.17, 15) is 0 Å². The maximum atomic E-state index is 9.10. The summed E-state index contributed by atoms with van der Waals surface area (Å²) in [5, 5.41) is 9.10. The average molecular weight is 168 g/mol. The summed E-state index contributed by atoms with van der Waals surface area (Å²) < 4.78 is 0. The van der Waals surface area contributed by atoms with Gasteiger partial charge in [0.2, 0.25) is 0 Å². The van der Waals surface area contributed by atoms with Crippen molar-refractivity contribution in [3.63, 3.8) is 0 Å². The molecule has 0 radical (unpaired) electrons. The van der Waals surface area contributed by atoms with Crippen LogP contribution in [0.15, 0.2) is 6.20 Å². The third kappa shape index (κ3) is 1.85. The van der Waals surface area contributed by atoms with Crippen LogP contribution in [-0.2, 0) is 0 Å². The summed E-state index contributed by atoms with van der Waals surface area (Å²) in [6, 6.07) is 0. The third-order valence-corrected chi connectivity index (χ3v) is 2.08. The van der Waals surface area contributed by atoms with Gasteiger partial charge in [0, 0.05) is 17.8 Å². The molecule has 1 atom stereocenters. The molecule has 1 unspecified atom stereocenters. The Hall–Kier alpha value is -0.830. The molecule has 0 bridgehead atoms. The van der Waals surface area contributed by atoms with Gasteiger partial charge in [0.15, 0.2) is 0 Å². The van der Waals surface area contributed by atoms with E-state index in [-0.39, 0.29) is 12.5 Å². The predicted octanol–water partition coefficient (Wildman–Crippen LogP) is 1.45. The van der Waals surface area contributed by atoms with Crippen LogP contribution in [0, 0.1) is 12.8 Å². The number of nitrogens with one attached hydrogen (secondary N) is 1. The summed E-state index contributed by atoms with van der Waals surface area (Å²) in [6.45, 7) is 6.29. The maximum absolute atomic E-state index is 9.10. The van der Waals surface area contributed by atoms with Crippen molar-refractivity contribution in [2.45, 2.75) is 26.7 Å². The number of aliphatic hydroxyl groups is 1. The van der Waals surface area contributed by atoms with E-state index in [1.807, 2.05) is 6.92 Å². The van der Waals surface area contributed by atoms with E-state index in [4.69, 9.17) is 5.11 Å². The normalized spacial score (nSPS) is 13.8. The molecule has 0 amide bonds. The summed E-state index contributed by atoms with van der Waals surface area (Å²) >= 11 is 0. The Bertz CT molecular complexity index is 242. The molecule has 68 valence electrons. The third-order valence-electron chi connectivity index (χ3n) is 2.08. The highest BCUT2D eigenvalue weighted by Gasteiger charge is 2.16. The topological polar surface area (TPSA) is 48.9 Å². The zero-order chi connectivity index (χ0) is 9.14. The van der Waals surface area contributed by atoms with E-state index in [1.165, 1.54) is 0 Å². The lowest BCUT2D eigenvalue weighted by atomic mass is 9.96. The van der Waals surface area contributed by atoms with Gasteiger partial charge < -0.3 is 10.1 Å². The fourth-order valence-electron chi connectivity index (χ4n) is 1.23. The highest BCUT2D eigenvalue weighted by molar-refractivity contribution is 5.04. The van der Waals surface area contributed by atoms with Crippen molar-refractivity contribution >= 4 is 0 Å². The van der Waals surface area contributed by atoms with Gasteiger partial charge >= 0.3 is 0 Å². The van der Waals surface area contributed by atoms with Crippen LogP contribution in [0.25, 0.3) is 0 Å². The van der Waals surface area contributed by atoms with Crippen molar-refractivity contribution in [2.75, 3.05) is 6.61 Å². The SMILES string of the molecule is Cc1cnc(C(CO)C(C)C)[nH]1. The second-order valence-electron chi connectivity index (χ2n) is 3.48. The number of aromatic nitrogens is 2. The molecule has 0 aliphatic rings. The van der Waals surface area contributed by atoms with Gasteiger partial charge in [-0.2, -0.15) is 0 Å². The molecule has 1 aromatic rings. The summed E-state index contributed by atoms with van der Waals surface area (Å²) in [7, 11) is 0. The van der Waals surface area contributed by atoms with E-state index >= 15 is 0 Å². The minimum Gasteiger partial charge on any atom is -0.396 e. The van der Waals surface area contributed by atoms with Crippen LogP contribution < -0.4 is 0 Å². The van der Waals surface area contributed by atoms with Crippen molar-refractivity contribution in [1.82, 2.24) is 9.97 Å². The van der Waals surface area contributed by atoms with Crippen LogP contribution in [0.3, 0.4) is 0 Å². The maximum Gasteiger partial charge on any atom is 0.111 e. The predicted molar refractivity (Wildman–Crippen MR) is 48.0 cm³/mol. The van der Waals surface area contributed by atoms with Crippen molar-refractivity contribution < 1.29 is 5.11 Å². The average Bonchev–Trinajstić information content (AvgIpc) is 2.37. The Balaban J connectivity index is 2.80. The highest BCUT2D eigenvalue weighted by Crippen LogP contribution is 2.20. The zero-order valence-electron chi connectivity index (χ0n) is 7.83. The Labute approximate surface area is 72.8 Å². The first-order chi connectivity index (χ1) is 5.65. The van der Waals surface area contributed by atoms with E-state index in [1.54, 1.807) is 6.20 Å². The number of aromatic amines is 1. The summed E-state index contributed by atoms with van der Waals surface area (Å²) in [4.78, 5) is 7.33. The van der Waals surface area contributed by atoms with Crippen LogP contribution in [0.1, 0.15) is 31.3 Å². The van der Waals surface area contributed by atoms with Gasteiger partial charge in [0.05, 0.1) is 6.61 Å². The number of nitrogens with zero attached hydrogens (tertiary/aromatic N) is 1. The lowest BCUT2D eigenvalue weighted by molar-refractivity contribution is 0.232. The summed E-state index contributed by atoms with van der Waals surface area (Å²) in [5.74, 6) is 1.45. The first-order valence-electron chi connectivity index (χ1n) is 4.27. The molecule has 3 nitrogen and oxygen atoms in total. The second-order valence-corrected chi connectivity index (χ2v) is 3.48. The van der Waals surface area contributed by atoms with Gasteiger partial charge in [0.25, 0.3) is 0 Å². The lowest BCUT2D eigenvalue weighted by Crippen LogP contribution is -2.12. The smallest absolute Gasteiger partial charge is 0.111 e. The molecule has 0 spiro atoms. The monoisotopic (exact) mass is 168 g/mol. The molecular formula is C9H16N2O. The molecule has 0 saturated carbocycles. The number of aliphatic hydroxyl groups excluding tert-OH is 1. The number of aryl methyl sites for hydroxylation is 1. The van der Waals surface area contributed by atoms with Crippen LogP contribution in [0.2, 0.25) is 0 Å². The van der Waals surface area contributed by atoms with Crippen LogP contribution in [0.4, 0.5) is 0 Å². The van der Waals surface area contributed by atoms with Gasteiger partial charge in [0.1, 0.15) is 5.82 Å². The minimum atomic E-state index is 0.138. The Kier molecular flexibility index (Phi) is 2.87. The minimum absolute atomic E-state index is 0.138. The van der Waals surface area contributed by atoms with Crippen molar-refractivity contribution in [1.29, 1.82) is 0 Å². The van der Waals surface area contributed by atoms with Gasteiger partial charge in [-0.25, -0.2) is 4.98 Å². The number of rotatable bonds is 3. The molecule has 1 aromatic heterocycles. The molecule has 12 heavy (non-hydrogen) atoms. The molecule has 0 aromatic carbocycles. The standard InChI is InChI=1S/C9H16N2O/c1-6(2)8(5-12)9-10-4-7(3)11-9/h4,6,8,12H,5H2,1-3H3,(H,10,11). The van der Waals surface area contributed by atoms with E-state index < -0.39 is 0 Å². The van der Waals surface area contributed by atoms with Gasteiger partial charge in [-0.1, -0.05) is 13.8 Å². The van der Waals surface area contributed by atoms with Gasteiger partial charge in [-0.15, -0.1) is 0 Å². The molecular weight excluding hydrogens is 152 g/mol. The van der Waals surface area contributed by atoms with Crippen molar-refractivity contribution in [3.05, 3.63) is 17.7 Å². The first-order valence-corrected chi connectivity index (χ1v) is 4.27. The largest absolute Gasteiger partial charge is 0.396 e. The number of imidazole rings is 1. The summed E-state index contributed by atoms with van der Waals surface area (Å²) in [5.41, 5.74) is 1.05. The van der Waals surface area contributed by atoms with E-state index in [0.717, 1.165) is 11.5 Å². The van der Waals surface area contributed by atoms with Crippen LogP contribution in [0.5, 0.6) is 0 Å². The number of H-pyrrole nitrogens is 1. The number of hydrogen-bond donors (Lipinski definition) is 2. The van der Waals surface area contributed by atoms with Crippen molar-refractivity contribution in [2.24, 2.45) is 5.92 Å². The summed E-state index contributed by atoms with van der Waals surface area (Å²) in [6.07, 6.45) is 1.79. The van der Waals surface area contributed by atoms with E-state index in [2.05, 4.69) is 23.8 Å². The van der Waals surface area contributed by atoms with Crippen LogP contribution >= 0.6 is 0 Å². The van der Waals surface area contributed by atoms with E-state index in [0.29, 0.717) is 5.92 Å². The highest BCUT2D eigenvalue weighted by atomic mass is 16.3. The molecule has 1 heterocycles. The molecule has 0 fully saturated rings. The fraction of sp³-hybridized carbons (Fsp3) is 0.667. The molecule has 3 heteroatoms. The Morgan fingerprint density at radius 3 is 2.58 bits per heavy atom. The molecule has 0 saturated heterocycles. The molecule has 1 rings (SSSR count). The second kappa shape index (κ2) is 3.72. The van der Waals surface area contributed by atoms with Crippen LogP contribution in [-0.4, -0.2) is 21.7 Å². The fourth-order valence-corrected chi connectivity index (χ4v) is 1.23. The van der Waals surface area contributed by atoms with Crippen molar-refractivity contribution in [3.8, 4) is 0 Å². The number of hydrogen-bond acceptors (Lipinski definition) is 2. The molecule has 0 aliphatic heterocycles. The Morgan fingerprint density at radius 1 is 1.58 bits per heavy atom. The van der Waals surface area contributed by atoms with Gasteiger partial charge in [-0.05, 0) is 12.8 Å². The zero-order valence-corrected chi connectivity index (χ0v) is 7.83.